The van der Waals surface area contributed by atoms with Crippen LogP contribution in [0, 0.1) is 18.6 Å². The summed E-state index contributed by atoms with van der Waals surface area (Å²) in [7, 11) is 1.72. The van der Waals surface area contributed by atoms with Crippen LogP contribution in [0.15, 0.2) is 18.2 Å². The van der Waals surface area contributed by atoms with E-state index in [4.69, 9.17) is 5.73 Å². The summed E-state index contributed by atoms with van der Waals surface area (Å²) in [6.07, 6.45) is 0.749. The second-order valence-corrected chi connectivity index (χ2v) is 4.61. The van der Waals surface area contributed by atoms with E-state index in [-0.39, 0.29) is 5.56 Å². The van der Waals surface area contributed by atoms with E-state index in [9.17, 15) is 8.78 Å². The summed E-state index contributed by atoms with van der Waals surface area (Å²) >= 11 is 0. The topological polar surface area (TPSA) is 43.8 Å². The van der Waals surface area contributed by atoms with Crippen molar-refractivity contribution in [1.29, 1.82) is 0 Å². The minimum atomic E-state index is -0.863. The zero-order chi connectivity index (χ0) is 14.2. The van der Waals surface area contributed by atoms with Crippen molar-refractivity contribution in [3.8, 4) is 0 Å². The highest BCUT2D eigenvalue weighted by molar-refractivity contribution is 5.34. The van der Waals surface area contributed by atoms with Gasteiger partial charge >= 0.3 is 0 Å². The lowest BCUT2D eigenvalue weighted by Gasteiger charge is -2.15. The molecule has 1 aromatic heterocycles. The Morgan fingerprint density at radius 1 is 1.37 bits per heavy atom. The molecule has 0 aliphatic rings. The number of aryl methyl sites for hydroxylation is 3. The molecule has 1 heterocycles. The van der Waals surface area contributed by atoms with Crippen molar-refractivity contribution in [2.24, 2.45) is 12.8 Å². The Morgan fingerprint density at radius 3 is 2.63 bits per heavy atom. The molecule has 0 saturated heterocycles. The van der Waals surface area contributed by atoms with Crippen LogP contribution in [0.25, 0.3) is 0 Å². The third kappa shape index (κ3) is 2.38. The van der Waals surface area contributed by atoms with Crippen LogP contribution in [0.4, 0.5) is 8.78 Å². The van der Waals surface area contributed by atoms with Gasteiger partial charge in [-0.3, -0.25) is 4.68 Å². The van der Waals surface area contributed by atoms with Crippen LogP contribution in [-0.4, -0.2) is 9.78 Å². The molecule has 0 fully saturated rings. The van der Waals surface area contributed by atoms with Gasteiger partial charge in [0.1, 0.15) is 11.6 Å². The van der Waals surface area contributed by atoms with E-state index >= 15 is 0 Å². The third-order valence-corrected chi connectivity index (χ3v) is 3.28. The number of hydrogen-bond acceptors (Lipinski definition) is 2. The number of nitrogens with two attached hydrogens (primary N) is 1. The maximum Gasteiger partial charge on any atom is 0.134 e. The van der Waals surface area contributed by atoms with E-state index < -0.39 is 17.7 Å². The molecule has 2 rings (SSSR count). The van der Waals surface area contributed by atoms with Gasteiger partial charge in [-0.1, -0.05) is 13.0 Å². The maximum atomic E-state index is 14.1. The highest BCUT2D eigenvalue weighted by Gasteiger charge is 2.22. The van der Waals surface area contributed by atoms with Gasteiger partial charge in [0, 0.05) is 12.6 Å². The molecule has 0 spiro atoms. The minimum Gasteiger partial charge on any atom is -0.319 e. The lowest BCUT2D eigenvalue weighted by atomic mass is 10.0. The summed E-state index contributed by atoms with van der Waals surface area (Å²) in [5.74, 6) is -1.22. The Balaban J connectivity index is 2.52. The third-order valence-electron chi connectivity index (χ3n) is 3.28. The molecule has 0 saturated carbocycles. The summed E-state index contributed by atoms with van der Waals surface area (Å²) in [6.45, 7) is 3.55. The quantitative estimate of drug-likeness (QED) is 0.927. The van der Waals surface area contributed by atoms with Gasteiger partial charge in [0.25, 0.3) is 0 Å². The van der Waals surface area contributed by atoms with Crippen LogP contribution >= 0.6 is 0 Å². The van der Waals surface area contributed by atoms with Gasteiger partial charge < -0.3 is 5.73 Å². The van der Waals surface area contributed by atoms with E-state index in [0.29, 0.717) is 11.3 Å². The molecule has 1 unspecified atom stereocenters. The smallest absolute Gasteiger partial charge is 0.134 e. The van der Waals surface area contributed by atoms with Crippen LogP contribution in [0.1, 0.15) is 35.5 Å². The largest absolute Gasteiger partial charge is 0.319 e. The highest BCUT2D eigenvalue weighted by atomic mass is 19.1. The predicted molar refractivity (Wildman–Crippen MR) is 69.7 cm³/mol. The molecule has 0 aliphatic heterocycles. The van der Waals surface area contributed by atoms with Crippen molar-refractivity contribution >= 4 is 0 Å². The van der Waals surface area contributed by atoms with Gasteiger partial charge in [0.05, 0.1) is 17.4 Å². The Kier molecular flexibility index (Phi) is 3.66. The molecule has 0 aliphatic carbocycles. The minimum absolute atomic E-state index is 0.106. The van der Waals surface area contributed by atoms with Crippen molar-refractivity contribution < 1.29 is 8.78 Å². The van der Waals surface area contributed by atoms with Crippen molar-refractivity contribution in [2.75, 3.05) is 0 Å². The number of halogens is 2. The Morgan fingerprint density at radius 2 is 2.05 bits per heavy atom. The standard InChI is InChI=1S/C14H17F2N3/c1-4-9-7-11(19(3)18-9)14(17)12-10(15)6-5-8(2)13(12)16/h5-7,14H,4,17H2,1-3H3. The SMILES string of the molecule is CCc1cc(C(N)c2c(F)ccc(C)c2F)n(C)n1. The fraction of sp³-hybridized carbons (Fsp3) is 0.357. The Bertz CT molecular complexity index is 605. The second kappa shape index (κ2) is 5.09. The normalized spacial score (nSPS) is 12.7. The summed E-state index contributed by atoms with van der Waals surface area (Å²) in [5.41, 5.74) is 7.73. The average molecular weight is 265 g/mol. The van der Waals surface area contributed by atoms with Crippen molar-refractivity contribution in [1.82, 2.24) is 9.78 Å². The van der Waals surface area contributed by atoms with Crippen LogP contribution in [0.2, 0.25) is 0 Å². The van der Waals surface area contributed by atoms with Gasteiger partial charge in [0.2, 0.25) is 0 Å². The lowest BCUT2D eigenvalue weighted by molar-refractivity contribution is 0.528. The zero-order valence-corrected chi connectivity index (χ0v) is 11.2. The number of benzene rings is 1. The van der Waals surface area contributed by atoms with E-state index in [2.05, 4.69) is 5.10 Å². The fourth-order valence-corrected chi connectivity index (χ4v) is 2.12. The van der Waals surface area contributed by atoms with Gasteiger partial charge in [-0.05, 0) is 31.0 Å². The molecule has 1 aromatic carbocycles. The van der Waals surface area contributed by atoms with Gasteiger partial charge in [-0.15, -0.1) is 0 Å². The first kappa shape index (κ1) is 13.7. The molecule has 102 valence electrons. The molecular formula is C14H17F2N3. The first-order valence-electron chi connectivity index (χ1n) is 6.18. The molecule has 0 bridgehead atoms. The van der Waals surface area contributed by atoms with Crippen molar-refractivity contribution in [3.05, 3.63) is 52.3 Å². The molecule has 5 heteroatoms. The maximum absolute atomic E-state index is 14.1. The molecule has 0 radical (unpaired) electrons. The molecule has 1 atom stereocenters. The van der Waals surface area contributed by atoms with Crippen molar-refractivity contribution in [2.45, 2.75) is 26.3 Å². The number of nitrogens with zero attached hydrogens (tertiary/aromatic N) is 2. The van der Waals surface area contributed by atoms with Crippen LogP contribution in [0.5, 0.6) is 0 Å². The summed E-state index contributed by atoms with van der Waals surface area (Å²) in [6, 6.07) is 3.57. The van der Waals surface area contributed by atoms with Crippen LogP contribution in [-0.2, 0) is 13.5 Å². The number of hydrogen-bond donors (Lipinski definition) is 1. The summed E-state index contributed by atoms with van der Waals surface area (Å²) in [5, 5.41) is 4.25. The molecule has 3 nitrogen and oxygen atoms in total. The Hall–Kier alpha value is -1.75. The van der Waals surface area contributed by atoms with Crippen LogP contribution in [0.3, 0.4) is 0 Å². The molecule has 2 N–H and O–H groups in total. The molecule has 19 heavy (non-hydrogen) atoms. The average Bonchev–Trinajstić information content (AvgIpc) is 2.75. The predicted octanol–water partition coefficient (Wildman–Crippen LogP) is 2.62. The highest BCUT2D eigenvalue weighted by Crippen LogP contribution is 2.27. The van der Waals surface area contributed by atoms with Gasteiger partial charge in [0.15, 0.2) is 0 Å². The van der Waals surface area contributed by atoms with Crippen LogP contribution < -0.4 is 5.73 Å². The van der Waals surface area contributed by atoms with Crippen molar-refractivity contribution in [3.63, 3.8) is 0 Å². The first-order valence-corrected chi connectivity index (χ1v) is 6.18. The number of rotatable bonds is 3. The van der Waals surface area contributed by atoms with Gasteiger partial charge in [-0.2, -0.15) is 5.10 Å². The lowest BCUT2D eigenvalue weighted by Crippen LogP contribution is -2.19. The zero-order valence-electron chi connectivity index (χ0n) is 11.2. The number of aromatic nitrogens is 2. The Labute approximate surface area is 111 Å². The summed E-state index contributed by atoms with van der Waals surface area (Å²) in [4.78, 5) is 0. The van der Waals surface area contributed by atoms with Gasteiger partial charge in [-0.25, -0.2) is 8.78 Å². The van der Waals surface area contributed by atoms with E-state index in [1.807, 2.05) is 6.92 Å². The van der Waals surface area contributed by atoms with E-state index in [0.717, 1.165) is 12.1 Å². The molecule has 2 aromatic rings. The second-order valence-electron chi connectivity index (χ2n) is 4.61. The van der Waals surface area contributed by atoms with E-state index in [1.165, 1.54) is 12.1 Å². The summed E-state index contributed by atoms with van der Waals surface area (Å²) < 4.78 is 29.5. The fourth-order valence-electron chi connectivity index (χ4n) is 2.12. The molecular weight excluding hydrogens is 248 g/mol. The molecule has 0 amide bonds. The first-order chi connectivity index (χ1) is 8.95. The van der Waals surface area contributed by atoms with E-state index in [1.54, 1.807) is 24.7 Å². The monoisotopic (exact) mass is 265 g/mol.